The molecule has 0 radical (unpaired) electrons. The van der Waals surface area contributed by atoms with Crippen LogP contribution in [-0.2, 0) is 21.3 Å². The maximum Gasteiger partial charge on any atom is 0.534 e. The molecule has 0 spiro atoms. The summed E-state index contributed by atoms with van der Waals surface area (Å²) in [5.41, 5.74) is -4.46. The zero-order chi connectivity index (χ0) is 25.8. The third-order valence-corrected chi connectivity index (χ3v) is 5.65. The number of carbonyl (C=O) groups is 1. The number of aryl methyl sites for hydroxylation is 2. The van der Waals surface area contributed by atoms with Gasteiger partial charge in [-0.1, -0.05) is 25.1 Å². The van der Waals surface area contributed by atoms with Crippen LogP contribution in [0, 0.1) is 6.92 Å². The van der Waals surface area contributed by atoms with Crippen LogP contribution in [0.15, 0.2) is 48.7 Å². The number of anilines is 4. The highest BCUT2D eigenvalue weighted by molar-refractivity contribution is 7.88. The van der Waals surface area contributed by atoms with Crippen LogP contribution in [0.3, 0.4) is 0 Å². The van der Waals surface area contributed by atoms with Gasteiger partial charge < -0.3 is 19.6 Å². The number of nitrogens with one attached hydrogen (secondary N) is 2. The topological polar surface area (TPSA) is 120 Å². The van der Waals surface area contributed by atoms with E-state index < -0.39 is 32.9 Å². The number of para-hydroxylation sites is 1. The van der Waals surface area contributed by atoms with Crippen molar-refractivity contribution in [2.45, 2.75) is 25.8 Å². The molecule has 0 bridgehead atoms. The SMILES string of the molecule is CCc1cc(Nc2ncc(C)c(Nc3ccccc3)n2)cc(C(=O)OC)c1OS(=O)(=O)C(F)(F)F. The summed E-state index contributed by atoms with van der Waals surface area (Å²) >= 11 is 0. The van der Waals surface area contributed by atoms with Gasteiger partial charge in [0.15, 0.2) is 5.75 Å². The third kappa shape index (κ3) is 5.98. The molecule has 3 aromatic rings. The van der Waals surface area contributed by atoms with Gasteiger partial charge in [0, 0.05) is 23.1 Å². The average Bonchev–Trinajstić information content (AvgIpc) is 2.81. The molecule has 1 heterocycles. The average molecular weight is 510 g/mol. The molecule has 2 aromatic carbocycles. The summed E-state index contributed by atoms with van der Waals surface area (Å²) in [7, 11) is -5.02. The summed E-state index contributed by atoms with van der Waals surface area (Å²) in [6.45, 7) is 3.35. The Bertz CT molecular complexity index is 1330. The minimum Gasteiger partial charge on any atom is -0.465 e. The maximum absolute atomic E-state index is 12.9. The van der Waals surface area contributed by atoms with E-state index in [4.69, 9.17) is 0 Å². The molecule has 0 atom stereocenters. The van der Waals surface area contributed by atoms with Crippen LogP contribution in [0.1, 0.15) is 28.4 Å². The van der Waals surface area contributed by atoms with Crippen molar-refractivity contribution in [3.05, 3.63) is 65.4 Å². The normalized spacial score (nSPS) is 11.6. The van der Waals surface area contributed by atoms with Crippen molar-refractivity contribution in [2.75, 3.05) is 17.7 Å². The summed E-state index contributed by atoms with van der Waals surface area (Å²) in [5, 5.41) is 6.02. The quantitative estimate of drug-likeness (QED) is 0.249. The van der Waals surface area contributed by atoms with Crippen molar-refractivity contribution in [3.8, 4) is 5.75 Å². The van der Waals surface area contributed by atoms with E-state index in [9.17, 15) is 26.4 Å². The Morgan fingerprint density at radius 2 is 1.77 bits per heavy atom. The summed E-state index contributed by atoms with van der Waals surface area (Å²) < 4.78 is 70.9. The number of hydrogen-bond acceptors (Lipinski definition) is 9. The van der Waals surface area contributed by atoms with E-state index >= 15 is 0 Å². The largest absolute Gasteiger partial charge is 0.534 e. The Labute approximate surface area is 199 Å². The molecule has 3 rings (SSSR count). The zero-order valence-electron chi connectivity index (χ0n) is 18.8. The molecular formula is C22H21F3N4O5S. The summed E-state index contributed by atoms with van der Waals surface area (Å²) in [6.07, 6.45) is 1.59. The summed E-state index contributed by atoms with van der Waals surface area (Å²) in [5.74, 6) is -1.25. The number of ether oxygens (including phenoxy) is 1. The van der Waals surface area contributed by atoms with Crippen LogP contribution in [0.5, 0.6) is 5.75 Å². The lowest BCUT2D eigenvalue weighted by Crippen LogP contribution is -2.29. The number of methoxy groups -OCH3 is 1. The van der Waals surface area contributed by atoms with Gasteiger partial charge in [-0.05, 0) is 43.2 Å². The van der Waals surface area contributed by atoms with E-state index in [0.29, 0.717) is 5.82 Å². The van der Waals surface area contributed by atoms with Gasteiger partial charge in [0.1, 0.15) is 11.4 Å². The van der Waals surface area contributed by atoms with E-state index in [1.165, 1.54) is 6.07 Å². The highest BCUT2D eigenvalue weighted by Gasteiger charge is 2.49. The van der Waals surface area contributed by atoms with E-state index in [1.54, 1.807) is 20.0 Å². The van der Waals surface area contributed by atoms with Gasteiger partial charge in [0.25, 0.3) is 0 Å². The van der Waals surface area contributed by atoms with Gasteiger partial charge in [0.05, 0.1) is 7.11 Å². The van der Waals surface area contributed by atoms with E-state index in [0.717, 1.165) is 24.4 Å². The van der Waals surface area contributed by atoms with Gasteiger partial charge >= 0.3 is 21.6 Å². The first-order chi connectivity index (χ1) is 16.4. The fourth-order valence-corrected chi connectivity index (χ4v) is 3.47. The molecule has 0 aliphatic rings. The number of benzene rings is 2. The molecular weight excluding hydrogens is 489 g/mol. The van der Waals surface area contributed by atoms with Crippen molar-refractivity contribution in [1.82, 2.24) is 9.97 Å². The molecule has 186 valence electrons. The fourth-order valence-electron chi connectivity index (χ4n) is 2.96. The van der Waals surface area contributed by atoms with Crippen LogP contribution in [0.2, 0.25) is 0 Å². The minimum atomic E-state index is -6.02. The zero-order valence-corrected chi connectivity index (χ0v) is 19.6. The number of alkyl halides is 3. The molecule has 0 unspecified atom stereocenters. The second-order valence-electron chi connectivity index (χ2n) is 7.18. The number of nitrogens with zero attached hydrogens (tertiary/aromatic N) is 2. The van der Waals surface area contributed by atoms with E-state index in [2.05, 4.69) is 29.5 Å². The lowest BCUT2D eigenvalue weighted by atomic mass is 10.1. The van der Waals surface area contributed by atoms with Crippen LogP contribution < -0.4 is 14.8 Å². The highest BCUT2D eigenvalue weighted by atomic mass is 32.2. The first-order valence-corrected chi connectivity index (χ1v) is 11.5. The van der Waals surface area contributed by atoms with Gasteiger partial charge in [0.2, 0.25) is 5.95 Å². The van der Waals surface area contributed by atoms with Crippen LogP contribution in [-0.4, -0.2) is 37.0 Å². The van der Waals surface area contributed by atoms with Gasteiger partial charge in [-0.3, -0.25) is 0 Å². The van der Waals surface area contributed by atoms with Gasteiger partial charge in [-0.2, -0.15) is 26.6 Å². The van der Waals surface area contributed by atoms with E-state index in [1.807, 2.05) is 30.3 Å². The highest BCUT2D eigenvalue weighted by Crippen LogP contribution is 2.35. The third-order valence-electron chi connectivity index (χ3n) is 4.69. The van der Waals surface area contributed by atoms with Gasteiger partial charge in [-0.15, -0.1) is 0 Å². The number of carbonyl (C=O) groups excluding carboxylic acids is 1. The molecule has 0 fully saturated rings. The smallest absolute Gasteiger partial charge is 0.465 e. The second-order valence-corrected chi connectivity index (χ2v) is 8.72. The van der Waals surface area contributed by atoms with Crippen molar-refractivity contribution < 1.29 is 35.3 Å². The number of halogens is 3. The number of rotatable bonds is 8. The minimum absolute atomic E-state index is 0.0120. The molecule has 2 N–H and O–H groups in total. The number of aromatic nitrogens is 2. The molecule has 0 saturated carbocycles. The first kappa shape index (κ1) is 25.7. The summed E-state index contributed by atoms with van der Waals surface area (Å²) in [4.78, 5) is 20.9. The Hall–Kier alpha value is -3.87. The van der Waals surface area contributed by atoms with Gasteiger partial charge in [-0.25, -0.2) is 9.78 Å². The lowest BCUT2D eigenvalue weighted by Gasteiger charge is -2.17. The Morgan fingerprint density at radius 3 is 2.37 bits per heavy atom. The second kappa shape index (κ2) is 10.2. The first-order valence-electron chi connectivity index (χ1n) is 10.1. The number of hydrogen-bond donors (Lipinski definition) is 2. The monoisotopic (exact) mass is 510 g/mol. The molecule has 1 aromatic heterocycles. The molecule has 0 aliphatic carbocycles. The molecule has 9 nitrogen and oxygen atoms in total. The summed E-state index contributed by atoms with van der Waals surface area (Å²) in [6, 6.07) is 11.7. The molecule has 0 amide bonds. The fraction of sp³-hybridized carbons (Fsp3) is 0.227. The standard InChI is InChI=1S/C22H21F3N4O5S/c1-4-14-10-16(11-17(20(30)33-3)18(14)34-35(31,32)22(23,24)25)28-21-26-12-13(2)19(29-21)27-15-8-6-5-7-9-15/h5-12H,4H2,1-3H3,(H2,26,27,28,29). The number of esters is 1. The molecule has 0 saturated heterocycles. The van der Waals surface area contributed by atoms with Crippen LogP contribution in [0.25, 0.3) is 0 Å². The van der Waals surface area contributed by atoms with Crippen molar-refractivity contribution in [3.63, 3.8) is 0 Å². The molecule has 0 aliphatic heterocycles. The van der Waals surface area contributed by atoms with E-state index in [-0.39, 0.29) is 23.6 Å². The van der Waals surface area contributed by atoms with Crippen LogP contribution >= 0.6 is 0 Å². The predicted molar refractivity (Wildman–Crippen MR) is 123 cm³/mol. The maximum atomic E-state index is 12.9. The van der Waals surface area contributed by atoms with Crippen molar-refractivity contribution >= 4 is 39.2 Å². The van der Waals surface area contributed by atoms with Crippen LogP contribution in [0.4, 0.5) is 36.3 Å². The Balaban J connectivity index is 2.00. The molecule has 35 heavy (non-hydrogen) atoms. The Morgan fingerprint density at radius 1 is 1.09 bits per heavy atom. The predicted octanol–water partition coefficient (Wildman–Crippen LogP) is 4.85. The Kier molecular flexibility index (Phi) is 7.48. The molecule has 13 heteroatoms. The van der Waals surface area contributed by atoms with Crippen molar-refractivity contribution in [1.29, 1.82) is 0 Å². The van der Waals surface area contributed by atoms with Crippen molar-refractivity contribution in [2.24, 2.45) is 0 Å². The lowest BCUT2D eigenvalue weighted by molar-refractivity contribution is -0.0500.